The number of nitrogens with zero attached hydrogens (tertiary/aromatic N) is 2. The van der Waals surface area contributed by atoms with Gasteiger partial charge in [0.25, 0.3) is 0 Å². The molecule has 0 bridgehead atoms. The molecule has 0 aromatic heterocycles. The number of hydrogen-bond donors (Lipinski definition) is 0. The maximum atomic E-state index is 12.3. The Morgan fingerprint density at radius 1 is 1.12 bits per heavy atom. The third-order valence-corrected chi connectivity index (χ3v) is 8.24. The van der Waals surface area contributed by atoms with Gasteiger partial charge in [-0.2, -0.15) is 0 Å². The Balaban J connectivity index is 1.52. The van der Waals surface area contributed by atoms with E-state index < -0.39 is 0 Å². The first-order chi connectivity index (χ1) is 19.5. The molecular formula is C36H46N2O2. The van der Waals surface area contributed by atoms with Crippen LogP contribution >= 0.6 is 0 Å². The summed E-state index contributed by atoms with van der Waals surface area (Å²) in [5.41, 5.74) is 9.87. The highest BCUT2D eigenvalue weighted by molar-refractivity contribution is 5.88. The predicted molar refractivity (Wildman–Crippen MR) is 168 cm³/mol. The van der Waals surface area contributed by atoms with Crippen molar-refractivity contribution < 1.29 is 9.53 Å². The van der Waals surface area contributed by atoms with E-state index in [0.717, 1.165) is 55.6 Å². The van der Waals surface area contributed by atoms with Crippen molar-refractivity contribution in [1.29, 1.82) is 0 Å². The van der Waals surface area contributed by atoms with Gasteiger partial charge in [0.05, 0.1) is 6.61 Å². The first-order valence-corrected chi connectivity index (χ1v) is 15.2. The van der Waals surface area contributed by atoms with Gasteiger partial charge in [-0.25, -0.2) is 4.79 Å². The Labute approximate surface area is 241 Å². The minimum Gasteiger partial charge on any atom is -0.463 e. The topological polar surface area (TPSA) is 41.9 Å². The van der Waals surface area contributed by atoms with Crippen LogP contribution in [0.1, 0.15) is 88.7 Å². The normalized spacial score (nSPS) is 22.1. The number of carbonyl (C=O) groups is 1. The van der Waals surface area contributed by atoms with Crippen LogP contribution in [0, 0.1) is 0 Å². The SMILES string of the molecule is C=C1CC=C(c2ccc([C@@H]3CC=C(CCC)CC3)cc2)C=C1/C(=C\C=NC)N1CC/C=C(\C(=O)OCC)CCC1. The number of allylic oxidation sites excluding steroid dienone is 7. The average Bonchev–Trinajstić information content (AvgIpc) is 2.95. The first-order valence-electron chi connectivity index (χ1n) is 15.2. The number of rotatable bonds is 9. The molecule has 1 aliphatic heterocycles. The highest BCUT2D eigenvalue weighted by Crippen LogP contribution is 2.37. The number of ether oxygens (including phenoxy) is 1. The molecule has 3 aliphatic rings. The summed E-state index contributed by atoms with van der Waals surface area (Å²) in [5, 5.41) is 0. The van der Waals surface area contributed by atoms with E-state index in [-0.39, 0.29) is 5.97 Å². The molecule has 4 nitrogen and oxygen atoms in total. The summed E-state index contributed by atoms with van der Waals surface area (Å²) < 4.78 is 5.24. The molecule has 0 saturated heterocycles. The number of benzene rings is 1. The molecule has 1 atom stereocenters. The maximum absolute atomic E-state index is 12.3. The summed E-state index contributed by atoms with van der Waals surface area (Å²) in [6, 6.07) is 9.26. The number of carbonyl (C=O) groups excluding carboxylic acids is 1. The molecule has 0 radical (unpaired) electrons. The molecule has 212 valence electrons. The Hall–Kier alpha value is -3.40. The van der Waals surface area contributed by atoms with E-state index in [1.54, 1.807) is 12.6 Å². The summed E-state index contributed by atoms with van der Waals surface area (Å²) in [4.78, 5) is 18.9. The standard InChI is InChI=1S/C36H46N2O2/c1-5-9-28-13-16-29(17-14-28)30-18-20-31(21-19-30)33-15-12-27(3)34(26-33)35(22-23-37-4)38-24-7-10-32(11-8-25-38)36(39)40-6-2/h10,13,15,18-23,26,29H,3,5-9,11-12,14,16-17,24-25H2,1-2,4H3/b32-10-,35-22+,37-23?/t29-/m1/s1. The van der Waals surface area contributed by atoms with Gasteiger partial charge in [0.15, 0.2) is 0 Å². The van der Waals surface area contributed by atoms with Crippen LogP contribution in [-0.2, 0) is 9.53 Å². The van der Waals surface area contributed by atoms with Crippen LogP contribution in [0.2, 0.25) is 0 Å². The molecule has 0 amide bonds. The third-order valence-electron chi connectivity index (χ3n) is 8.24. The quantitative estimate of drug-likeness (QED) is 0.180. The van der Waals surface area contributed by atoms with E-state index in [4.69, 9.17) is 4.74 Å². The van der Waals surface area contributed by atoms with Crippen LogP contribution in [-0.4, -0.2) is 43.8 Å². The Kier molecular flexibility index (Phi) is 11.0. The van der Waals surface area contributed by atoms with Crippen LogP contribution in [0.15, 0.2) is 94.2 Å². The van der Waals surface area contributed by atoms with Gasteiger partial charge in [0.1, 0.15) is 0 Å². The van der Waals surface area contributed by atoms with Gasteiger partial charge in [-0.3, -0.25) is 4.99 Å². The molecule has 0 N–H and O–H groups in total. The van der Waals surface area contributed by atoms with E-state index in [2.05, 4.69) is 78.0 Å². The van der Waals surface area contributed by atoms with E-state index in [0.29, 0.717) is 12.5 Å². The summed E-state index contributed by atoms with van der Waals surface area (Å²) in [5.74, 6) is 0.462. The van der Waals surface area contributed by atoms with Gasteiger partial charge >= 0.3 is 5.97 Å². The van der Waals surface area contributed by atoms with Crippen molar-refractivity contribution in [2.24, 2.45) is 4.99 Å². The molecule has 4 heteroatoms. The fourth-order valence-electron chi connectivity index (χ4n) is 6.03. The Bertz CT molecular complexity index is 1240. The third kappa shape index (κ3) is 7.62. The van der Waals surface area contributed by atoms with E-state index in [1.807, 2.05) is 13.1 Å². The molecule has 4 rings (SSSR count). The highest BCUT2D eigenvalue weighted by Gasteiger charge is 2.22. The number of esters is 1. The zero-order chi connectivity index (χ0) is 28.3. The molecular weight excluding hydrogens is 492 g/mol. The van der Waals surface area contributed by atoms with E-state index in [1.165, 1.54) is 54.4 Å². The number of aliphatic imine (C=N–C) groups is 1. The van der Waals surface area contributed by atoms with Gasteiger partial charge in [0, 0.05) is 43.2 Å². The molecule has 1 aromatic carbocycles. The molecule has 40 heavy (non-hydrogen) atoms. The summed E-state index contributed by atoms with van der Waals surface area (Å²) in [6.45, 7) is 10.7. The second-order valence-electron chi connectivity index (χ2n) is 11.0. The second-order valence-corrected chi connectivity index (χ2v) is 11.0. The van der Waals surface area contributed by atoms with Crippen LogP contribution in [0.4, 0.5) is 0 Å². The minimum atomic E-state index is -0.171. The number of hydrogen-bond acceptors (Lipinski definition) is 4. The lowest BCUT2D eigenvalue weighted by molar-refractivity contribution is -0.138. The summed E-state index contributed by atoms with van der Waals surface area (Å²) in [6.07, 6.45) is 22.6. The highest BCUT2D eigenvalue weighted by atomic mass is 16.5. The van der Waals surface area contributed by atoms with Crippen LogP contribution in [0.5, 0.6) is 0 Å². The first kappa shape index (κ1) is 29.6. The maximum Gasteiger partial charge on any atom is 0.333 e. The smallest absolute Gasteiger partial charge is 0.333 e. The summed E-state index contributed by atoms with van der Waals surface area (Å²) in [7, 11) is 1.81. The lowest BCUT2D eigenvalue weighted by Crippen LogP contribution is -2.29. The van der Waals surface area contributed by atoms with Crippen molar-refractivity contribution in [3.8, 4) is 0 Å². The fraction of sp³-hybridized carbons (Fsp3) is 0.444. The average molecular weight is 539 g/mol. The largest absolute Gasteiger partial charge is 0.463 e. The molecule has 0 fully saturated rings. The molecule has 0 spiro atoms. The molecule has 0 unspecified atom stereocenters. The lowest BCUT2D eigenvalue weighted by Gasteiger charge is -2.32. The monoisotopic (exact) mass is 538 g/mol. The predicted octanol–water partition coefficient (Wildman–Crippen LogP) is 8.51. The molecule has 2 aliphatic carbocycles. The van der Waals surface area contributed by atoms with E-state index in [9.17, 15) is 4.79 Å². The van der Waals surface area contributed by atoms with Crippen molar-refractivity contribution in [3.05, 3.63) is 100 Å². The van der Waals surface area contributed by atoms with Crippen molar-refractivity contribution in [1.82, 2.24) is 4.90 Å². The van der Waals surface area contributed by atoms with Gasteiger partial charge in [-0.15, -0.1) is 0 Å². The van der Waals surface area contributed by atoms with Crippen LogP contribution < -0.4 is 0 Å². The fourth-order valence-corrected chi connectivity index (χ4v) is 6.03. The minimum absolute atomic E-state index is 0.171. The molecule has 1 aromatic rings. The van der Waals surface area contributed by atoms with E-state index >= 15 is 0 Å². The molecule has 0 saturated carbocycles. The van der Waals surface area contributed by atoms with Crippen molar-refractivity contribution in [2.75, 3.05) is 26.7 Å². The van der Waals surface area contributed by atoms with Crippen LogP contribution in [0.3, 0.4) is 0 Å². The van der Waals surface area contributed by atoms with Gasteiger partial charge in [-0.05, 0) is 98.6 Å². The van der Waals surface area contributed by atoms with Crippen molar-refractivity contribution >= 4 is 17.8 Å². The Morgan fingerprint density at radius 3 is 2.65 bits per heavy atom. The zero-order valence-electron chi connectivity index (χ0n) is 24.8. The van der Waals surface area contributed by atoms with Crippen LogP contribution in [0.25, 0.3) is 5.57 Å². The van der Waals surface area contributed by atoms with Crippen molar-refractivity contribution in [3.63, 3.8) is 0 Å². The second kappa shape index (κ2) is 14.8. The Morgan fingerprint density at radius 2 is 1.95 bits per heavy atom. The molecule has 1 heterocycles. The van der Waals surface area contributed by atoms with Gasteiger partial charge < -0.3 is 9.64 Å². The van der Waals surface area contributed by atoms with Gasteiger partial charge in [0.2, 0.25) is 0 Å². The van der Waals surface area contributed by atoms with Gasteiger partial charge in [-0.1, -0.05) is 68.0 Å². The summed E-state index contributed by atoms with van der Waals surface area (Å²) >= 11 is 0. The zero-order valence-corrected chi connectivity index (χ0v) is 24.8. The lowest BCUT2D eigenvalue weighted by atomic mass is 9.82. The van der Waals surface area contributed by atoms with Crippen molar-refractivity contribution in [2.45, 2.75) is 77.6 Å².